The average Bonchev–Trinajstić information content (AvgIpc) is 2.88. The highest BCUT2D eigenvalue weighted by atomic mass is 19.1. The number of rotatable bonds is 4. The molecule has 0 aliphatic rings. The van der Waals surface area contributed by atoms with E-state index in [2.05, 4.69) is 15.3 Å². The number of hydrogen-bond acceptors (Lipinski definition) is 3. The Morgan fingerprint density at radius 3 is 3.06 bits per heavy atom. The van der Waals surface area contributed by atoms with Gasteiger partial charge in [0.15, 0.2) is 0 Å². The summed E-state index contributed by atoms with van der Waals surface area (Å²) in [5, 5.41) is 2.59. The zero-order valence-corrected chi connectivity index (χ0v) is 9.74. The summed E-state index contributed by atoms with van der Waals surface area (Å²) in [7, 11) is 1.39. The van der Waals surface area contributed by atoms with Crippen molar-refractivity contribution < 1.29 is 13.9 Å². The highest BCUT2D eigenvalue weighted by Crippen LogP contribution is 2.20. The number of ether oxygens (including phenoxy) is 1. The fraction of sp³-hybridized carbons (Fsp3) is 0.167. The predicted molar refractivity (Wildman–Crippen MR) is 62.7 cm³/mol. The molecule has 2 N–H and O–H groups in total. The van der Waals surface area contributed by atoms with E-state index in [9.17, 15) is 9.18 Å². The molecule has 0 spiro atoms. The van der Waals surface area contributed by atoms with E-state index in [0.717, 1.165) is 5.69 Å². The van der Waals surface area contributed by atoms with E-state index < -0.39 is 11.7 Å². The first-order valence-corrected chi connectivity index (χ1v) is 5.30. The SMILES string of the molecule is COc1cccc(F)c1C(=O)NCc1cnc[nH]1. The minimum atomic E-state index is -0.614. The van der Waals surface area contributed by atoms with Gasteiger partial charge >= 0.3 is 0 Å². The Morgan fingerprint density at radius 2 is 2.39 bits per heavy atom. The van der Waals surface area contributed by atoms with Crippen LogP contribution < -0.4 is 10.1 Å². The largest absolute Gasteiger partial charge is 0.496 e. The van der Waals surface area contributed by atoms with Gasteiger partial charge in [-0.15, -0.1) is 0 Å². The number of benzene rings is 1. The van der Waals surface area contributed by atoms with Gasteiger partial charge in [-0.2, -0.15) is 0 Å². The quantitative estimate of drug-likeness (QED) is 0.862. The summed E-state index contributed by atoms with van der Waals surface area (Å²) in [6, 6.07) is 4.24. The van der Waals surface area contributed by atoms with E-state index in [1.807, 2.05) is 0 Å². The fourth-order valence-corrected chi connectivity index (χ4v) is 1.54. The molecule has 2 aromatic rings. The van der Waals surface area contributed by atoms with Crippen molar-refractivity contribution in [3.8, 4) is 5.75 Å². The number of halogens is 1. The third-order valence-electron chi connectivity index (χ3n) is 2.42. The first-order valence-electron chi connectivity index (χ1n) is 5.30. The Hall–Kier alpha value is -2.37. The zero-order chi connectivity index (χ0) is 13.0. The number of aromatic nitrogens is 2. The van der Waals surface area contributed by atoms with Crippen LogP contribution in [0.2, 0.25) is 0 Å². The predicted octanol–water partition coefficient (Wildman–Crippen LogP) is 1.49. The number of amides is 1. The smallest absolute Gasteiger partial charge is 0.258 e. The van der Waals surface area contributed by atoms with Crippen LogP contribution in [0.1, 0.15) is 16.1 Å². The number of nitrogens with zero attached hydrogens (tertiary/aromatic N) is 1. The maximum absolute atomic E-state index is 13.6. The van der Waals surface area contributed by atoms with Gasteiger partial charge in [-0.1, -0.05) is 6.07 Å². The summed E-state index contributed by atoms with van der Waals surface area (Å²) in [5.74, 6) is -0.937. The van der Waals surface area contributed by atoms with E-state index in [1.54, 1.807) is 6.20 Å². The van der Waals surface area contributed by atoms with Crippen molar-refractivity contribution >= 4 is 5.91 Å². The van der Waals surface area contributed by atoms with E-state index in [0.29, 0.717) is 0 Å². The third-order valence-corrected chi connectivity index (χ3v) is 2.42. The second kappa shape index (κ2) is 5.31. The lowest BCUT2D eigenvalue weighted by atomic mass is 10.1. The van der Waals surface area contributed by atoms with Gasteiger partial charge in [0, 0.05) is 6.20 Å². The number of nitrogens with one attached hydrogen (secondary N) is 2. The minimum Gasteiger partial charge on any atom is -0.496 e. The summed E-state index contributed by atoms with van der Waals surface area (Å²) < 4.78 is 18.6. The molecule has 18 heavy (non-hydrogen) atoms. The number of aromatic amines is 1. The van der Waals surface area contributed by atoms with Crippen molar-refractivity contribution in [2.75, 3.05) is 7.11 Å². The molecule has 0 aliphatic carbocycles. The zero-order valence-electron chi connectivity index (χ0n) is 9.74. The van der Waals surface area contributed by atoms with Crippen LogP contribution in [-0.4, -0.2) is 23.0 Å². The van der Waals surface area contributed by atoms with E-state index in [-0.39, 0.29) is 17.9 Å². The van der Waals surface area contributed by atoms with Crippen LogP contribution in [-0.2, 0) is 6.54 Å². The van der Waals surface area contributed by atoms with Crippen molar-refractivity contribution in [1.82, 2.24) is 15.3 Å². The van der Waals surface area contributed by atoms with Crippen LogP contribution in [0.15, 0.2) is 30.7 Å². The molecule has 6 heteroatoms. The molecule has 0 atom stereocenters. The fourth-order valence-electron chi connectivity index (χ4n) is 1.54. The first-order chi connectivity index (χ1) is 8.72. The third kappa shape index (κ3) is 2.48. The highest BCUT2D eigenvalue weighted by Gasteiger charge is 2.17. The number of carbonyl (C=O) groups excluding carboxylic acids is 1. The van der Waals surface area contributed by atoms with Gasteiger partial charge < -0.3 is 15.0 Å². The molecule has 0 bridgehead atoms. The number of methoxy groups -OCH3 is 1. The molecular formula is C12H12FN3O2. The van der Waals surface area contributed by atoms with Gasteiger partial charge in [0.2, 0.25) is 0 Å². The minimum absolute atomic E-state index is 0.0977. The van der Waals surface area contributed by atoms with Crippen LogP contribution in [0, 0.1) is 5.82 Å². The summed E-state index contributed by atoms with van der Waals surface area (Å²) >= 11 is 0. The van der Waals surface area contributed by atoms with Crippen LogP contribution in [0.3, 0.4) is 0 Å². The van der Waals surface area contributed by atoms with Crippen molar-refractivity contribution in [2.45, 2.75) is 6.54 Å². The lowest BCUT2D eigenvalue weighted by Gasteiger charge is -2.09. The molecule has 0 fully saturated rings. The van der Waals surface area contributed by atoms with E-state index >= 15 is 0 Å². The van der Waals surface area contributed by atoms with Crippen LogP contribution in [0.5, 0.6) is 5.75 Å². The standard InChI is InChI=1S/C12H12FN3O2/c1-18-10-4-2-3-9(13)11(10)12(17)15-6-8-5-14-7-16-8/h2-5,7H,6H2,1H3,(H,14,16)(H,15,17). The van der Waals surface area contributed by atoms with Crippen LogP contribution in [0.25, 0.3) is 0 Å². The molecule has 0 saturated carbocycles. The molecule has 0 unspecified atom stereocenters. The Balaban J connectivity index is 2.13. The Morgan fingerprint density at radius 1 is 1.56 bits per heavy atom. The van der Waals surface area contributed by atoms with Gasteiger partial charge in [0.1, 0.15) is 17.1 Å². The molecule has 94 valence electrons. The second-order valence-corrected chi connectivity index (χ2v) is 3.58. The van der Waals surface area contributed by atoms with Gasteiger partial charge in [0.05, 0.1) is 25.7 Å². The van der Waals surface area contributed by atoms with Crippen molar-refractivity contribution in [2.24, 2.45) is 0 Å². The monoisotopic (exact) mass is 249 g/mol. The second-order valence-electron chi connectivity index (χ2n) is 3.58. The normalized spacial score (nSPS) is 10.1. The molecule has 1 aromatic carbocycles. The molecule has 1 aromatic heterocycles. The van der Waals surface area contributed by atoms with E-state index in [4.69, 9.17) is 4.74 Å². The molecular weight excluding hydrogens is 237 g/mol. The maximum Gasteiger partial charge on any atom is 0.258 e. The molecule has 0 aliphatic heterocycles. The molecule has 2 rings (SSSR count). The summed E-state index contributed by atoms with van der Waals surface area (Å²) in [6.45, 7) is 0.246. The Bertz CT molecular complexity index is 540. The summed E-state index contributed by atoms with van der Waals surface area (Å²) in [4.78, 5) is 18.5. The number of imidazole rings is 1. The highest BCUT2D eigenvalue weighted by molar-refractivity contribution is 5.97. The van der Waals surface area contributed by atoms with Gasteiger partial charge in [-0.05, 0) is 12.1 Å². The Labute approximate surface area is 103 Å². The molecule has 0 saturated heterocycles. The molecule has 5 nitrogen and oxygen atoms in total. The number of hydrogen-bond donors (Lipinski definition) is 2. The van der Waals surface area contributed by atoms with Crippen molar-refractivity contribution in [3.63, 3.8) is 0 Å². The van der Waals surface area contributed by atoms with Crippen LogP contribution >= 0.6 is 0 Å². The molecule has 0 radical (unpaired) electrons. The number of H-pyrrole nitrogens is 1. The van der Waals surface area contributed by atoms with E-state index in [1.165, 1.54) is 31.6 Å². The Kier molecular flexibility index (Phi) is 3.57. The van der Waals surface area contributed by atoms with Crippen molar-refractivity contribution in [3.05, 3.63) is 47.8 Å². The maximum atomic E-state index is 13.6. The van der Waals surface area contributed by atoms with Crippen molar-refractivity contribution in [1.29, 1.82) is 0 Å². The van der Waals surface area contributed by atoms with Crippen LogP contribution in [0.4, 0.5) is 4.39 Å². The lowest BCUT2D eigenvalue weighted by Crippen LogP contribution is -2.24. The average molecular weight is 249 g/mol. The van der Waals surface area contributed by atoms with Gasteiger partial charge in [-0.25, -0.2) is 9.37 Å². The number of carbonyl (C=O) groups is 1. The molecule has 1 amide bonds. The summed E-state index contributed by atoms with van der Waals surface area (Å²) in [6.07, 6.45) is 3.09. The first kappa shape index (κ1) is 12.1. The van der Waals surface area contributed by atoms with Gasteiger partial charge in [-0.3, -0.25) is 4.79 Å². The topological polar surface area (TPSA) is 67.0 Å². The van der Waals surface area contributed by atoms with Gasteiger partial charge in [0.25, 0.3) is 5.91 Å². The summed E-state index contributed by atoms with van der Waals surface area (Å²) in [5.41, 5.74) is 0.637. The lowest BCUT2D eigenvalue weighted by molar-refractivity contribution is 0.0943. The molecule has 1 heterocycles.